The molecule has 1 heterocycles. The van der Waals surface area contributed by atoms with E-state index >= 15 is 0 Å². The summed E-state index contributed by atoms with van der Waals surface area (Å²) in [6.45, 7) is 1.45. The van der Waals surface area contributed by atoms with E-state index in [2.05, 4.69) is 5.32 Å². The van der Waals surface area contributed by atoms with E-state index in [0.29, 0.717) is 25.2 Å². The van der Waals surface area contributed by atoms with Crippen molar-refractivity contribution in [3.8, 4) is 0 Å². The second-order valence-corrected chi connectivity index (χ2v) is 5.80. The Labute approximate surface area is 136 Å². The number of aliphatic hydroxyl groups is 1. The number of ether oxygens (including phenoxy) is 1. The molecule has 1 aliphatic heterocycles. The molecule has 4 nitrogen and oxygen atoms in total. The molecular formula is C19H21NO3. The number of carbonyl (C=O) groups is 1. The number of hydrogen-bond donors (Lipinski definition) is 2. The Bertz CT molecular complexity index is 670. The van der Waals surface area contributed by atoms with E-state index in [1.807, 2.05) is 48.5 Å². The van der Waals surface area contributed by atoms with Gasteiger partial charge in [0.25, 0.3) is 5.91 Å². The van der Waals surface area contributed by atoms with Gasteiger partial charge in [-0.15, -0.1) is 0 Å². The molecular weight excluding hydrogens is 290 g/mol. The number of nitrogens with one attached hydrogen (secondary N) is 1. The number of carbonyl (C=O) groups excluding carboxylic acids is 1. The summed E-state index contributed by atoms with van der Waals surface area (Å²) in [5, 5.41) is 12.9. The summed E-state index contributed by atoms with van der Waals surface area (Å²) in [4.78, 5) is 12.4. The molecule has 0 unspecified atom stereocenters. The van der Waals surface area contributed by atoms with Crippen molar-refractivity contribution in [2.24, 2.45) is 0 Å². The minimum absolute atomic E-state index is 0.129. The van der Waals surface area contributed by atoms with Crippen LogP contribution in [0, 0.1) is 0 Å². The molecule has 2 aromatic carbocycles. The van der Waals surface area contributed by atoms with Crippen molar-refractivity contribution in [3.63, 3.8) is 0 Å². The van der Waals surface area contributed by atoms with Crippen molar-refractivity contribution in [1.29, 1.82) is 0 Å². The van der Waals surface area contributed by atoms with Gasteiger partial charge in [-0.2, -0.15) is 0 Å². The first-order valence-corrected chi connectivity index (χ1v) is 7.93. The van der Waals surface area contributed by atoms with Gasteiger partial charge in [0.15, 0.2) is 0 Å². The van der Waals surface area contributed by atoms with Crippen molar-refractivity contribution in [3.05, 3.63) is 70.8 Å². The van der Waals surface area contributed by atoms with Gasteiger partial charge in [0.1, 0.15) is 0 Å². The number of rotatable bonds is 5. The molecule has 1 aliphatic rings. The van der Waals surface area contributed by atoms with Gasteiger partial charge < -0.3 is 15.2 Å². The molecule has 0 saturated heterocycles. The maximum Gasteiger partial charge on any atom is 0.251 e. The van der Waals surface area contributed by atoms with Crippen LogP contribution in [0.15, 0.2) is 48.5 Å². The van der Waals surface area contributed by atoms with Crippen molar-refractivity contribution in [2.75, 3.05) is 13.2 Å². The Morgan fingerprint density at radius 2 is 2.00 bits per heavy atom. The molecule has 120 valence electrons. The van der Waals surface area contributed by atoms with Crippen molar-refractivity contribution in [1.82, 2.24) is 5.32 Å². The summed E-state index contributed by atoms with van der Waals surface area (Å²) in [6.07, 6.45) is 0.692. The SMILES string of the molecule is O=C(NC[C@H](O)Cc1ccccc1)c1cccc2c1CCOC2. The highest BCUT2D eigenvalue weighted by molar-refractivity contribution is 5.96. The molecule has 0 fully saturated rings. The van der Waals surface area contributed by atoms with E-state index in [0.717, 1.165) is 23.1 Å². The molecule has 1 amide bonds. The molecule has 23 heavy (non-hydrogen) atoms. The lowest BCUT2D eigenvalue weighted by atomic mass is 9.96. The van der Waals surface area contributed by atoms with Crippen LogP contribution in [0.4, 0.5) is 0 Å². The van der Waals surface area contributed by atoms with E-state index in [1.165, 1.54) is 0 Å². The van der Waals surface area contributed by atoms with Gasteiger partial charge in [0.05, 0.1) is 19.3 Å². The van der Waals surface area contributed by atoms with Gasteiger partial charge >= 0.3 is 0 Å². The largest absolute Gasteiger partial charge is 0.391 e. The highest BCUT2D eigenvalue weighted by Crippen LogP contribution is 2.20. The smallest absolute Gasteiger partial charge is 0.251 e. The van der Waals surface area contributed by atoms with Crippen molar-refractivity contribution >= 4 is 5.91 Å². The molecule has 2 N–H and O–H groups in total. The highest BCUT2D eigenvalue weighted by Gasteiger charge is 2.18. The summed E-state index contributed by atoms with van der Waals surface area (Å²) in [5.41, 5.74) is 3.89. The fraction of sp³-hybridized carbons (Fsp3) is 0.316. The van der Waals surface area contributed by atoms with E-state index in [1.54, 1.807) is 0 Å². The molecule has 0 bridgehead atoms. The average Bonchev–Trinajstić information content (AvgIpc) is 2.60. The Morgan fingerprint density at radius 1 is 1.17 bits per heavy atom. The maximum atomic E-state index is 12.4. The zero-order valence-corrected chi connectivity index (χ0v) is 13.0. The van der Waals surface area contributed by atoms with Crippen molar-refractivity contribution in [2.45, 2.75) is 25.6 Å². The van der Waals surface area contributed by atoms with E-state index in [-0.39, 0.29) is 12.5 Å². The predicted octanol–water partition coefficient (Wildman–Crippen LogP) is 2.09. The van der Waals surface area contributed by atoms with Gasteiger partial charge in [0, 0.05) is 18.5 Å². The lowest BCUT2D eigenvalue weighted by molar-refractivity contribution is 0.0905. The Balaban J connectivity index is 1.59. The van der Waals surface area contributed by atoms with Crippen LogP contribution >= 0.6 is 0 Å². The standard InChI is InChI=1S/C19H21NO3/c21-16(11-14-5-2-1-3-6-14)12-20-19(22)18-8-4-7-15-13-23-10-9-17(15)18/h1-8,16,21H,9-13H2,(H,20,22)/t16-/m1/s1. The first-order chi connectivity index (χ1) is 11.2. The van der Waals surface area contributed by atoms with Gasteiger partial charge in [-0.05, 0) is 29.2 Å². The molecule has 0 saturated carbocycles. The quantitative estimate of drug-likeness (QED) is 0.889. The Kier molecular flexibility index (Phi) is 5.05. The number of fused-ring (bicyclic) bond motifs is 1. The lowest BCUT2D eigenvalue weighted by Crippen LogP contribution is -2.34. The molecule has 0 radical (unpaired) electrons. The fourth-order valence-electron chi connectivity index (χ4n) is 2.90. The van der Waals surface area contributed by atoms with Crippen LogP contribution in [0.3, 0.4) is 0 Å². The maximum absolute atomic E-state index is 12.4. The fourth-order valence-corrected chi connectivity index (χ4v) is 2.90. The van der Waals surface area contributed by atoms with Gasteiger partial charge in [-0.25, -0.2) is 0 Å². The monoisotopic (exact) mass is 311 g/mol. The van der Waals surface area contributed by atoms with Crippen LogP contribution in [0.1, 0.15) is 27.0 Å². The summed E-state index contributed by atoms with van der Waals surface area (Å²) >= 11 is 0. The van der Waals surface area contributed by atoms with Gasteiger partial charge in [-0.1, -0.05) is 42.5 Å². The number of aliphatic hydroxyl groups excluding tert-OH is 1. The third-order valence-corrected chi connectivity index (χ3v) is 4.08. The summed E-state index contributed by atoms with van der Waals surface area (Å²) < 4.78 is 5.42. The summed E-state index contributed by atoms with van der Waals surface area (Å²) in [6, 6.07) is 15.5. The van der Waals surface area contributed by atoms with Gasteiger partial charge in [-0.3, -0.25) is 4.79 Å². The molecule has 3 rings (SSSR count). The molecule has 0 spiro atoms. The van der Waals surface area contributed by atoms with E-state index < -0.39 is 6.10 Å². The molecule has 2 aromatic rings. The number of hydrogen-bond acceptors (Lipinski definition) is 3. The van der Waals surface area contributed by atoms with Crippen LogP contribution in [-0.4, -0.2) is 30.3 Å². The lowest BCUT2D eigenvalue weighted by Gasteiger charge is -2.20. The van der Waals surface area contributed by atoms with E-state index in [9.17, 15) is 9.90 Å². The van der Waals surface area contributed by atoms with Crippen LogP contribution < -0.4 is 5.32 Å². The van der Waals surface area contributed by atoms with Crippen LogP contribution in [0.5, 0.6) is 0 Å². The van der Waals surface area contributed by atoms with E-state index in [4.69, 9.17) is 4.74 Å². The first kappa shape index (κ1) is 15.7. The Hall–Kier alpha value is -2.17. The predicted molar refractivity (Wildman–Crippen MR) is 88.3 cm³/mol. The van der Waals surface area contributed by atoms with Crippen LogP contribution in [0.25, 0.3) is 0 Å². The van der Waals surface area contributed by atoms with Crippen LogP contribution in [0.2, 0.25) is 0 Å². The summed E-state index contributed by atoms with van der Waals surface area (Å²) in [5.74, 6) is -0.129. The second kappa shape index (κ2) is 7.40. The average molecular weight is 311 g/mol. The minimum Gasteiger partial charge on any atom is -0.391 e. The normalized spacial score (nSPS) is 14.8. The zero-order chi connectivity index (χ0) is 16.1. The van der Waals surface area contributed by atoms with Crippen molar-refractivity contribution < 1.29 is 14.6 Å². The van der Waals surface area contributed by atoms with Crippen LogP contribution in [-0.2, 0) is 24.2 Å². The molecule has 0 aromatic heterocycles. The highest BCUT2D eigenvalue weighted by atomic mass is 16.5. The third-order valence-electron chi connectivity index (χ3n) is 4.08. The zero-order valence-electron chi connectivity index (χ0n) is 13.0. The Morgan fingerprint density at radius 3 is 2.83 bits per heavy atom. The molecule has 4 heteroatoms. The second-order valence-electron chi connectivity index (χ2n) is 5.80. The number of amides is 1. The summed E-state index contributed by atoms with van der Waals surface area (Å²) in [7, 11) is 0. The minimum atomic E-state index is -0.593. The third kappa shape index (κ3) is 3.97. The molecule has 0 aliphatic carbocycles. The molecule has 1 atom stereocenters. The van der Waals surface area contributed by atoms with Gasteiger partial charge in [0.2, 0.25) is 0 Å². The topological polar surface area (TPSA) is 58.6 Å². The first-order valence-electron chi connectivity index (χ1n) is 7.93. The number of benzene rings is 2.